The molecule has 0 amide bonds. The Morgan fingerprint density at radius 3 is 2.39 bits per heavy atom. The van der Waals surface area contributed by atoms with Crippen molar-refractivity contribution >= 4 is 40.8 Å². The lowest BCUT2D eigenvalue weighted by Crippen LogP contribution is -2.46. The molecule has 178 valence electrons. The molecule has 0 spiro atoms. The van der Waals surface area contributed by atoms with Gasteiger partial charge in [-0.2, -0.15) is 18.3 Å². The lowest BCUT2D eigenvalue weighted by Gasteiger charge is -2.36. The van der Waals surface area contributed by atoms with Gasteiger partial charge in [0.05, 0.1) is 22.5 Å². The first kappa shape index (κ1) is 25.1. The fourth-order valence-electron chi connectivity index (χ4n) is 3.44. The zero-order chi connectivity index (χ0) is 24.3. The third-order valence-corrected chi connectivity index (χ3v) is 5.42. The lowest BCUT2D eigenvalue weighted by molar-refractivity contribution is -0.138. The number of thiocarbonyl (C=S) groups is 1. The average molecular weight is 510 g/mol. The van der Waals surface area contributed by atoms with E-state index in [9.17, 15) is 26.3 Å². The summed E-state index contributed by atoms with van der Waals surface area (Å²) in [7, 11) is 0. The van der Waals surface area contributed by atoms with Crippen molar-refractivity contribution in [3.63, 3.8) is 0 Å². The highest BCUT2D eigenvalue weighted by Crippen LogP contribution is 2.36. The number of hydrazone groups is 1. The average Bonchev–Trinajstić information content (AvgIpc) is 2.73. The molecule has 1 aliphatic heterocycles. The molecule has 5 nitrogen and oxygen atoms in total. The van der Waals surface area contributed by atoms with E-state index < -0.39 is 39.8 Å². The maximum Gasteiger partial charge on any atom is 0.416 e. The normalized spacial score (nSPS) is 15.3. The second kappa shape index (κ2) is 10.1. The first-order valence-electron chi connectivity index (χ1n) is 9.56. The van der Waals surface area contributed by atoms with Gasteiger partial charge in [-0.15, -0.1) is 0 Å². The molecule has 1 aliphatic rings. The molecule has 0 aromatic heterocycles. The summed E-state index contributed by atoms with van der Waals surface area (Å²) in [5.41, 5.74) is 5.65. The Morgan fingerprint density at radius 1 is 1.12 bits per heavy atom. The van der Waals surface area contributed by atoms with Gasteiger partial charge in [-0.3, -0.25) is 10.3 Å². The van der Waals surface area contributed by atoms with Crippen LogP contribution in [0.3, 0.4) is 0 Å². The van der Waals surface area contributed by atoms with Crippen LogP contribution in [0.15, 0.2) is 29.4 Å². The predicted octanol–water partition coefficient (Wildman–Crippen LogP) is 4.27. The molecular formula is C20H18ClF6N5S. The van der Waals surface area contributed by atoms with E-state index in [1.54, 1.807) is 9.80 Å². The number of benzene rings is 2. The van der Waals surface area contributed by atoms with Crippen molar-refractivity contribution in [1.82, 2.24) is 10.3 Å². The number of halogens is 7. The van der Waals surface area contributed by atoms with Crippen molar-refractivity contribution in [3.05, 3.63) is 63.4 Å². The number of nitrogens with one attached hydrogen (secondary N) is 1. The summed E-state index contributed by atoms with van der Waals surface area (Å²) in [6.45, 7) is 0.459. The smallest absolute Gasteiger partial charge is 0.375 e. The number of alkyl halides is 3. The zero-order valence-electron chi connectivity index (χ0n) is 16.9. The van der Waals surface area contributed by atoms with Crippen LogP contribution in [0, 0.1) is 17.5 Å². The molecule has 1 fully saturated rings. The Labute approximate surface area is 195 Å². The second-order valence-electron chi connectivity index (χ2n) is 7.21. The second-order valence-corrected chi connectivity index (χ2v) is 8.05. The molecule has 2 aromatic rings. The summed E-state index contributed by atoms with van der Waals surface area (Å²) in [6, 6.07) is 3.58. The van der Waals surface area contributed by atoms with E-state index in [0.29, 0.717) is 0 Å². The molecule has 1 saturated heterocycles. The number of hydrogen-bond acceptors (Lipinski definition) is 4. The molecule has 33 heavy (non-hydrogen) atoms. The molecule has 13 heteroatoms. The van der Waals surface area contributed by atoms with Crippen LogP contribution in [0.2, 0.25) is 5.02 Å². The number of piperazine rings is 1. The fourth-order valence-corrected chi connectivity index (χ4v) is 3.67. The Bertz CT molecular complexity index is 1070. The SMILES string of the molecule is NC(=S)NN=Cc1cc(F)c(N2CCN(Cc3c(C(F)(F)F)ccc(Cl)c3F)CC2)cc1F. The van der Waals surface area contributed by atoms with E-state index in [-0.39, 0.29) is 49.1 Å². The molecule has 0 saturated carbocycles. The van der Waals surface area contributed by atoms with E-state index in [1.807, 2.05) is 0 Å². The van der Waals surface area contributed by atoms with Crippen LogP contribution < -0.4 is 16.1 Å². The first-order chi connectivity index (χ1) is 15.5. The largest absolute Gasteiger partial charge is 0.416 e. The maximum atomic E-state index is 14.6. The van der Waals surface area contributed by atoms with Gasteiger partial charge in [-0.25, -0.2) is 13.2 Å². The number of nitrogens with zero attached hydrogens (tertiary/aromatic N) is 3. The highest BCUT2D eigenvalue weighted by molar-refractivity contribution is 7.80. The molecule has 0 aliphatic carbocycles. The lowest BCUT2D eigenvalue weighted by atomic mass is 10.0. The molecular weight excluding hydrogens is 492 g/mol. The highest BCUT2D eigenvalue weighted by Gasteiger charge is 2.36. The van der Waals surface area contributed by atoms with Crippen LogP contribution in [0.25, 0.3) is 0 Å². The Hall–Kier alpha value is -2.57. The number of rotatable bonds is 5. The van der Waals surface area contributed by atoms with Gasteiger partial charge < -0.3 is 10.6 Å². The summed E-state index contributed by atoms with van der Waals surface area (Å²) < 4.78 is 83.2. The maximum absolute atomic E-state index is 14.6. The zero-order valence-corrected chi connectivity index (χ0v) is 18.5. The molecule has 3 N–H and O–H groups in total. The Balaban J connectivity index is 1.71. The summed E-state index contributed by atoms with van der Waals surface area (Å²) in [6.07, 6.45) is -3.71. The summed E-state index contributed by atoms with van der Waals surface area (Å²) in [4.78, 5) is 3.15. The van der Waals surface area contributed by atoms with Gasteiger partial charge in [-0.05, 0) is 30.4 Å². The monoisotopic (exact) mass is 509 g/mol. The van der Waals surface area contributed by atoms with Crippen LogP contribution in [-0.4, -0.2) is 42.4 Å². The minimum absolute atomic E-state index is 0.00322. The van der Waals surface area contributed by atoms with E-state index in [0.717, 1.165) is 30.5 Å². The number of hydrogen-bond donors (Lipinski definition) is 2. The van der Waals surface area contributed by atoms with Crippen molar-refractivity contribution in [2.75, 3.05) is 31.1 Å². The van der Waals surface area contributed by atoms with E-state index in [4.69, 9.17) is 17.3 Å². The minimum atomic E-state index is -4.74. The molecule has 0 radical (unpaired) electrons. The van der Waals surface area contributed by atoms with Gasteiger partial charge in [-0.1, -0.05) is 11.6 Å². The van der Waals surface area contributed by atoms with Crippen molar-refractivity contribution in [2.24, 2.45) is 10.8 Å². The van der Waals surface area contributed by atoms with Crippen LogP contribution in [0.4, 0.5) is 32.0 Å². The van der Waals surface area contributed by atoms with Crippen LogP contribution in [0.1, 0.15) is 16.7 Å². The van der Waals surface area contributed by atoms with Gasteiger partial charge in [0.25, 0.3) is 0 Å². The van der Waals surface area contributed by atoms with Crippen LogP contribution in [-0.2, 0) is 12.7 Å². The van der Waals surface area contributed by atoms with Crippen molar-refractivity contribution in [2.45, 2.75) is 12.7 Å². The van der Waals surface area contributed by atoms with E-state index in [2.05, 4.69) is 22.7 Å². The fraction of sp³-hybridized carbons (Fsp3) is 0.300. The number of nitrogens with two attached hydrogens (primary N) is 1. The minimum Gasteiger partial charge on any atom is -0.375 e. The van der Waals surface area contributed by atoms with Crippen molar-refractivity contribution in [3.8, 4) is 0 Å². The molecule has 0 bridgehead atoms. The Kier molecular flexibility index (Phi) is 7.70. The first-order valence-corrected chi connectivity index (χ1v) is 10.3. The van der Waals surface area contributed by atoms with Gasteiger partial charge in [0.2, 0.25) is 0 Å². The van der Waals surface area contributed by atoms with E-state index in [1.165, 1.54) is 0 Å². The summed E-state index contributed by atoms with van der Waals surface area (Å²) in [5, 5.41) is 3.05. The third kappa shape index (κ3) is 6.06. The highest BCUT2D eigenvalue weighted by atomic mass is 35.5. The molecule has 2 aromatic carbocycles. The molecule has 0 atom stereocenters. The van der Waals surface area contributed by atoms with Gasteiger partial charge >= 0.3 is 6.18 Å². The number of anilines is 1. The topological polar surface area (TPSA) is 56.9 Å². The predicted molar refractivity (Wildman–Crippen MR) is 118 cm³/mol. The molecule has 0 unspecified atom stereocenters. The van der Waals surface area contributed by atoms with Crippen LogP contribution in [0.5, 0.6) is 0 Å². The molecule has 1 heterocycles. The van der Waals surface area contributed by atoms with Gasteiger partial charge in [0, 0.05) is 49.9 Å². The van der Waals surface area contributed by atoms with Gasteiger partial charge in [0.15, 0.2) is 5.11 Å². The quantitative estimate of drug-likeness (QED) is 0.273. The third-order valence-electron chi connectivity index (χ3n) is 5.04. The Morgan fingerprint density at radius 2 is 1.79 bits per heavy atom. The van der Waals surface area contributed by atoms with Crippen LogP contribution >= 0.6 is 23.8 Å². The van der Waals surface area contributed by atoms with E-state index >= 15 is 0 Å². The summed E-state index contributed by atoms with van der Waals surface area (Å²) in [5.74, 6) is -2.57. The van der Waals surface area contributed by atoms with Gasteiger partial charge in [0.1, 0.15) is 17.5 Å². The van der Waals surface area contributed by atoms with Crippen molar-refractivity contribution < 1.29 is 26.3 Å². The summed E-state index contributed by atoms with van der Waals surface area (Å²) >= 11 is 10.2. The van der Waals surface area contributed by atoms with Crippen molar-refractivity contribution in [1.29, 1.82) is 0 Å². The standard InChI is InChI=1S/C20H18ClF6N5S/c21-14-2-1-13(20(25,26)27)12(18(14)24)10-31-3-5-32(6-4-31)17-8-15(22)11(7-16(17)23)9-29-30-19(28)33/h1-2,7-9H,3-6,10H2,(H3,28,30,33). The molecule has 3 rings (SSSR count).